The molecule has 0 bridgehead atoms. The second-order valence-electron chi connectivity index (χ2n) is 8.24. The van der Waals surface area contributed by atoms with Crippen LogP contribution in [0.5, 0.6) is 5.75 Å². The first-order chi connectivity index (χ1) is 16.4. The Morgan fingerprint density at radius 3 is 2.24 bits per heavy atom. The summed E-state index contributed by atoms with van der Waals surface area (Å²) in [4.78, 5) is 29.6. The summed E-state index contributed by atoms with van der Waals surface area (Å²) in [5, 5.41) is 11.8. The first-order valence-corrected chi connectivity index (χ1v) is 11.2. The highest BCUT2D eigenvalue weighted by atomic mass is 35.5. The fourth-order valence-electron chi connectivity index (χ4n) is 4.18. The first-order valence-electron chi connectivity index (χ1n) is 10.8. The molecule has 0 N–H and O–H groups in total. The molecule has 1 aliphatic heterocycles. The summed E-state index contributed by atoms with van der Waals surface area (Å²) >= 11 is 6.13. The summed E-state index contributed by atoms with van der Waals surface area (Å²) in [6, 6.07) is 21.1. The second kappa shape index (κ2) is 10.1. The number of halogens is 1. The SMILES string of the molecule is COc1ccc(C2=NC(c3ccc(Cl)cc3)C(c3ccc([N+](=O)[O-])cc3)N2CC(C)C=O)cc1. The van der Waals surface area contributed by atoms with Gasteiger partial charge in [-0.25, -0.2) is 0 Å². The predicted molar refractivity (Wildman–Crippen MR) is 131 cm³/mol. The van der Waals surface area contributed by atoms with Crippen LogP contribution in [0.4, 0.5) is 5.69 Å². The lowest BCUT2D eigenvalue weighted by Gasteiger charge is -2.32. The maximum Gasteiger partial charge on any atom is 0.269 e. The molecule has 0 spiro atoms. The Morgan fingerprint density at radius 2 is 1.68 bits per heavy atom. The van der Waals surface area contributed by atoms with Gasteiger partial charge in [0.1, 0.15) is 23.9 Å². The highest BCUT2D eigenvalue weighted by Crippen LogP contribution is 2.44. The van der Waals surface area contributed by atoms with Crippen LogP contribution in [0.1, 0.15) is 35.7 Å². The number of nitro benzene ring substituents is 1. The summed E-state index contributed by atoms with van der Waals surface area (Å²) in [5.41, 5.74) is 2.74. The minimum Gasteiger partial charge on any atom is -0.497 e. The van der Waals surface area contributed by atoms with Crippen LogP contribution < -0.4 is 4.74 Å². The summed E-state index contributed by atoms with van der Waals surface area (Å²) in [6.07, 6.45) is 0.925. The quantitative estimate of drug-likeness (QED) is 0.238. The summed E-state index contributed by atoms with van der Waals surface area (Å²) < 4.78 is 5.30. The van der Waals surface area contributed by atoms with E-state index in [1.54, 1.807) is 19.2 Å². The van der Waals surface area contributed by atoms with Crippen molar-refractivity contribution in [2.45, 2.75) is 19.0 Å². The number of aldehydes is 1. The van der Waals surface area contributed by atoms with Crippen molar-refractivity contribution >= 4 is 29.4 Å². The van der Waals surface area contributed by atoms with E-state index in [0.717, 1.165) is 34.6 Å². The molecule has 0 fully saturated rings. The van der Waals surface area contributed by atoms with Crippen LogP contribution in [0.25, 0.3) is 0 Å². The number of carbonyl (C=O) groups is 1. The number of hydrogen-bond acceptors (Lipinski definition) is 6. The zero-order valence-corrected chi connectivity index (χ0v) is 19.6. The molecule has 3 atom stereocenters. The Balaban J connectivity index is 1.84. The molecular weight excluding hydrogens is 454 g/mol. The van der Waals surface area contributed by atoms with Crippen LogP contribution in [0.15, 0.2) is 77.8 Å². The summed E-state index contributed by atoms with van der Waals surface area (Å²) in [7, 11) is 1.61. The van der Waals surface area contributed by atoms with Crippen LogP contribution in [-0.2, 0) is 4.79 Å². The zero-order chi connectivity index (χ0) is 24.2. The number of ether oxygens (including phenoxy) is 1. The Bertz CT molecular complexity index is 1190. The Labute approximate surface area is 202 Å². The van der Waals surface area contributed by atoms with Gasteiger partial charge in [0.2, 0.25) is 0 Å². The monoisotopic (exact) mass is 477 g/mol. The number of carbonyl (C=O) groups excluding carboxylic acids is 1. The van der Waals surface area contributed by atoms with Crippen molar-refractivity contribution in [3.8, 4) is 5.75 Å². The highest BCUT2D eigenvalue weighted by molar-refractivity contribution is 6.30. The Morgan fingerprint density at radius 1 is 1.06 bits per heavy atom. The molecule has 1 heterocycles. The number of aliphatic imine (C=N–C) groups is 1. The van der Waals surface area contributed by atoms with Crippen molar-refractivity contribution in [3.63, 3.8) is 0 Å². The van der Waals surface area contributed by atoms with E-state index in [4.69, 9.17) is 21.3 Å². The Kier molecular flexibility index (Phi) is 6.93. The van der Waals surface area contributed by atoms with Crippen LogP contribution in [0.3, 0.4) is 0 Å². The average molecular weight is 478 g/mol. The molecule has 0 aliphatic carbocycles. The Hall–Kier alpha value is -3.71. The van der Waals surface area contributed by atoms with Gasteiger partial charge in [-0.3, -0.25) is 15.1 Å². The summed E-state index contributed by atoms with van der Waals surface area (Å²) in [6.45, 7) is 2.31. The number of benzene rings is 3. The predicted octanol–water partition coefficient (Wildman–Crippen LogP) is 5.64. The normalized spacial score (nSPS) is 18.3. The fourth-order valence-corrected chi connectivity index (χ4v) is 4.31. The third kappa shape index (κ3) is 4.79. The van der Waals surface area contributed by atoms with Crippen LogP contribution in [0.2, 0.25) is 5.02 Å². The van der Waals surface area contributed by atoms with Gasteiger partial charge in [0, 0.05) is 35.2 Å². The van der Waals surface area contributed by atoms with Gasteiger partial charge in [0.05, 0.1) is 18.1 Å². The molecule has 7 nitrogen and oxygen atoms in total. The van der Waals surface area contributed by atoms with Gasteiger partial charge in [-0.1, -0.05) is 42.8 Å². The van der Waals surface area contributed by atoms with Gasteiger partial charge >= 0.3 is 0 Å². The third-order valence-electron chi connectivity index (χ3n) is 5.89. The highest BCUT2D eigenvalue weighted by Gasteiger charge is 2.39. The molecule has 0 radical (unpaired) electrons. The first kappa shape index (κ1) is 23.4. The van der Waals surface area contributed by atoms with E-state index in [-0.39, 0.29) is 23.7 Å². The number of hydrogen-bond donors (Lipinski definition) is 0. The molecule has 4 rings (SSSR count). The maximum absolute atomic E-state index is 11.6. The van der Waals surface area contributed by atoms with Crippen molar-refractivity contribution in [3.05, 3.63) is 105 Å². The molecule has 3 unspecified atom stereocenters. The molecule has 0 saturated heterocycles. The number of nitro groups is 1. The number of non-ortho nitro benzene ring substituents is 1. The zero-order valence-electron chi connectivity index (χ0n) is 18.8. The lowest BCUT2D eigenvalue weighted by Crippen LogP contribution is -2.36. The topological polar surface area (TPSA) is 85.0 Å². The van der Waals surface area contributed by atoms with E-state index in [9.17, 15) is 14.9 Å². The van der Waals surface area contributed by atoms with E-state index in [0.29, 0.717) is 11.6 Å². The molecule has 0 amide bonds. The third-order valence-corrected chi connectivity index (χ3v) is 6.14. The molecule has 0 aromatic heterocycles. The number of nitrogens with zero attached hydrogens (tertiary/aromatic N) is 3. The van der Waals surface area contributed by atoms with Crippen LogP contribution in [0, 0.1) is 16.0 Å². The molecule has 34 heavy (non-hydrogen) atoms. The molecular formula is C26H24ClN3O4. The van der Waals surface area contributed by atoms with Crippen molar-refractivity contribution in [1.82, 2.24) is 4.90 Å². The molecule has 0 saturated carbocycles. The van der Waals surface area contributed by atoms with Gasteiger partial charge in [0.15, 0.2) is 0 Å². The minimum atomic E-state index is -0.416. The molecule has 174 valence electrons. The number of methoxy groups -OCH3 is 1. The largest absolute Gasteiger partial charge is 0.497 e. The summed E-state index contributed by atoms with van der Waals surface area (Å²) in [5.74, 6) is 1.24. The molecule has 1 aliphatic rings. The van der Waals surface area contributed by atoms with E-state index >= 15 is 0 Å². The van der Waals surface area contributed by atoms with E-state index in [1.165, 1.54) is 12.1 Å². The van der Waals surface area contributed by atoms with E-state index in [2.05, 4.69) is 4.90 Å². The molecule has 8 heteroatoms. The minimum absolute atomic E-state index is 0.0221. The number of amidine groups is 1. The standard InChI is InChI=1S/C26H24ClN3O4/c1-17(16-31)15-29-25(19-5-11-22(12-6-19)30(32)33)24(18-3-9-21(27)10-4-18)28-26(29)20-7-13-23(34-2)14-8-20/h3-14,16-17,24-25H,15H2,1-2H3. The van der Waals surface area contributed by atoms with Gasteiger partial charge in [-0.2, -0.15) is 0 Å². The lowest BCUT2D eigenvalue weighted by molar-refractivity contribution is -0.384. The smallest absolute Gasteiger partial charge is 0.269 e. The molecule has 3 aromatic rings. The van der Waals surface area contributed by atoms with Gasteiger partial charge in [-0.05, 0) is 47.5 Å². The van der Waals surface area contributed by atoms with Gasteiger partial charge in [0.25, 0.3) is 5.69 Å². The van der Waals surface area contributed by atoms with Crippen LogP contribution in [-0.4, -0.2) is 35.6 Å². The van der Waals surface area contributed by atoms with Crippen molar-refractivity contribution in [2.24, 2.45) is 10.9 Å². The number of rotatable bonds is 8. The van der Waals surface area contributed by atoms with E-state index < -0.39 is 4.92 Å². The van der Waals surface area contributed by atoms with Crippen molar-refractivity contribution in [1.29, 1.82) is 0 Å². The van der Waals surface area contributed by atoms with Crippen LogP contribution >= 0.6 is 11.6 Å². The lowest BCUT2D eigenvalue weighted by atomic mass is 9.93. The average Bonchev–Trinajstić information content (AvgIpc) is 3.23. The van der Waals surface area contributed by atoms with Gasteiger partial charge in [-0.15, -0.1) is 0 Å². The maximum atomic E-state index is 11.6. The fraction of sp³-hybridized carbons (Fsp3) is 0.231. The van der Waals surface area contributed by atoms with Crippen molar-refractivity contribution < 1.29 is 14.5 Å². The second-order valence-corrected chi connectivity index (χ2v) is 8.67. The molecule has 3 aromatic carbocycles. The van der Waals surface area contributed by atoms with Gasteiger partial charge < -0.3 is 14.4 Å². The van der Waals surface area contributed by atoms with Crippen molar-refractivity contribution in [2.75, 3.05) is 13.7 Å². The van der Waals surface area contributed by atoms with E-state index in [1.807, 2.05) is 55.5 Å².